The Morgan fingerprint density at radius 3 is 2.65 bits per heavy atom. The third-order valence-electron chi connectivity index (χ3n) is 3.03. The summed E-state index contributed by atoms with van der Waals surface area (Å²) in [5, 5.41) is 4.45. The van der Waals surface area contributed by atoms with E-state index in [1.54, 1.807) is 7.11 Å². The quantitative estimate of drug-likeness (QED) is 0.880. The normalized spacial score (nSPS) is 10.8. The van der Waals surface area contributed by atoms with Crippen LogP contribution in [0.3, 0.4) is 0 Å². The average molecular weight is 275 g/mol. The van der Waals surface area contributed by atoms with Crippen molar-refractivity contribution in [3.05, 3.63) is 41.7 Å². The van der Waals surface area contributed by atoms with Gasteiger partial charge in [-0.25, -0.2) is 0 Å². The number of hydrogen-bond acceptors (Lipinski definition) is 4. The van der Waals surface area contributed by atoms with Crippen molar-refractivity contribution >= 4 is 0 Å². The average Bonchev–Trinajstić information content (AvgIpc) is 2.93. The Morgan fingerprint density at radius 1 is 1.25 bits per heavy atom. The fourth-order valence-corrected chi connectivity index (χ4v) is 1.85. The first-order valence-corrected chi connectivity index (χ1v) is 6.68. The first-order chi connectivity index (χ1) is 9.63. The predicted molar refractivity (Wildman–Crippen MR) is 77.8 cm³/mol. The van der Waals surface area contributed by atoms with Crippen molar-refractivity contribution in [1.82, 2.24) is 9.78 Å². The Labute approximate surface area is 119 Å². The molecule has 0 saturated heterocycles. The molecule has 0 aliphatic carbocycles. The Bertz CT molecular complexity index is 564. The van der Waals surface area contributed by atoms with E-state index in [-0.39, 0.29) is 0 Å². The minimum atomic E-state index is 0.346. The summed E-state index contributed by atoms with van der Waals surface area (Å²) in [7, 11) is 1.62. The molecule has 0 aliphatic rings. The molecular weight excluding hydrogens is 254 g/mol. The van der Waals surface area contributed by atoms with Gasteiger partial charge in [-0.3, -0.25) is 4.68 Å². The van der Waals surface area contributed by atoms with Gasteiger partial charge in [0.15, 0.2) is 11.5 Å². The van der Waals surface area contributed by atoms with Crippen LogP contribution in [0.2, 0.25) is 0 Å². The lowest BCUT2D eigenvalue weighted by molar-refractivity contribution is 0.278. The van der Waals surface area contributed by atoms with Crippen molar-refractivity contribution in [1.29, 1.82) is 0 Å². The minimum absolute atomic E-state index is 0.346. The van der Waals surface area contributed by atoms with Crippen molar-refractivity contribution in [2.45, 2.75) is 33.0 Å². The number of aromatic nitrogens is 2. The zero-order chi connectivity index (χ0) is 14.5. The van der Waals surface area contributed by atoms with Crippen LogP contribution < -0.4 is 15.2 Å². The SMILES string of the molecule is COc1ccc(CN)cc1OCc1ccn(C(C)C)n1. The maximum Gasteiger partial charge on any atom is 0.162 e. The molecular formula is C15H21N3O2. The van der Waals surface area contributed by atoms with Gasteiger partial charge < -0.3 is 15.2 Å². The van der Waals surface area contributed by atoms with Crippen LogP contribution in [0.15, 0.2) is 30.5 Å². The third-order valence-corrected chi connectivity index (χ3v) is 3.03. The fraction of sp³-hybridized carbons (Fsp3) is 0.400. The molecule has 0 aliphatic heterocycles. The van der Waals surface area contributed by atoms with Crippen molar-refractivity contribution in [2.24, 2.45) is 5.73 Å². The summed E-state index contributed by atoms with van der Waals surface area (Å²) in [5.41, 5.74) is 7.54. The second-order valence-corrected chi connectivity index (χ2v) is 4.86. The highest BCUT2D eigenvalue weighted by Crippen LogP contribution is 2.28. The standard InChI is InChI=1S/C15H21N3O2/c1-11(2)18-7-6-13(17-18)10-20-15-8-12(9-16)4-5-14(15)19-3/h4-8,11H,9-10,16H2,1-3H3. The van der Waals surface area contributed by atoms with Gasteiger partial charge in [-0.15, -0.1) is 0 Å². The molecule has 2 rings (SSSR count). The van der Waals surface area contributed by atoms with Crippen LogP contribution in [0.1, 0.15) is 31.1 Å². The zero-order valence-electron chi connectivity index (χ0n) is 12.2. The predicted octanol–water partition coefficient (Wildman–Crippen LogP) is 2.51. The molecule has 1 aromatic heterocycles. The Morgan fingerprint density at radius 2 is 2.05 bits per heavy atom. The highest BCUT2D eigenvalue weighted by molar-refractivity contribution is 5.42. The number of benzene rings is 1. The molecule has 0 unspecified atom stereocenters. The summed E-state index contributed by atoms with van der Waals surface area (Å²) in [4.78, 5) is 0. The van der Waals surface area contributed by atoms with Crippen LogP contribution in [0.5, 0.6) is 11.5 Å². The van der Waals surface area contributed by atoms with Gasteiger partial charge in [0.1, 0.15) is 6.61 Å². The molecule has 5 nitrogen and oxygen atoms in total. The Balaban J connectivity index is 2.09. The van der Waals surface area contributed by atoms with Crippen molar-refractivity contribution in [3.8, 4) is 11.5 Å². The number of nitrogens with two attached hydrogens (primary N) is 1. The number of methoxy groups -OCH3 is 1. The van der Waals surface area contributed by atoms with Crippen LogP contribution in [-0.4, -0.2) is 16.9 Å². The summed E-state index contributed by atoms with van der Waals surface area (Å²) in [6.45, 7) is 5.06. The lowest BCUT2D eigenvalue weighted by Crippen LogP contribution is -2.04. The van der Waals surface area contributed by atoms with Crippen molar-refractivity contribution < 1.29 is 9.47 Å². The van der Waals surface area contributed by atoms with Crippen LogP contribution in [0, 0.1) is 0 Å². The first kappa shape index (κ1) is 14.4. The van der Waals surface area contributed by atoms with E-state index >= 15 is 0 Å². The number of nitrogens with zero attached hydrogens (tertiary/aromatic N) is 2. The molecule has 0 spiro atoms. The van der Waals surface area contributed by atoms with E-state index in [0.717, 1.165) is 11.3 Å². The zero-order valence-corrected chi connectivity index (χ0v) is 12.2. The molecule has 108 valence electrons. The van der Waals surface area contributed by atoms with Crippen LogP contribution >= 0.6 is 0 Å². The maximum atomic E-state index is 5.79. The summed E-state index contributed by atoms with van der Waals surface area (Å²) in [5.74, 6) is 1.39. The van der Waals surface area contributed by atoms with E-state index in [4.69, 9.17) is 15.2 Å². The van der Waals surface area contributed by atoms with E-state index < -0.39 is 0 Å². The van der Waals surface area contributed by atoms with Gasteiger partial charge in [0.25, 0.3) is 0 Å². The molecule has 0 atom stereocenters. The van der Waals surface area contributed by atoms with Crippen LogP contribution in [-0.2, 0) is 13.2 Å². The molecule has 5 heteroatoms. The summed E-state index contributed by atoms with van der Waals surface area (Å²) in [6, 6.07) is 8.00. The smallest absolute Gasteiger partial charge is 0.162 e. The number of ether oxygens (including phenoxy) is 2. The van der Waals surface area contributed by atoms with Crippen molar-refractivity contribution in [2.75, 3.05) is 7.11 Å². The summed E-state index contributed by atoms with van der Waals surface area (Å²) >= 11 is 0. The summed E-state index contributed by atoms with van der Waals surface area (Å²) in [6.07, 6.45) is 1.96. The van der Waals surface area contributed by atoms with Gasteiger partial charge in [-0.1, -0.05) is 6.07 Å². The van der Waals surface area contributed by atoms with Gasteiger partial charge in [0.2, 0.25) is 0 Å². The number of rotatable bonds is 6. The second kappa shape index (κ2) is 6.43. The molecule has 0 radical (unpaired) electrons. The third kappa shape index (κ3) is 3.30. The Hall–Kier alpha value is -2.01. The van der Waals surface area contributed by atoms with Gasteiger partial charge in [-0.05, 0) is 37.6 Å². The maximum absolute atomic E-state index is 5.79. The fourth-order valence-electron chi connectivity index (χ4n) is 1.85. The molecule has 1 heterocycles. The van der Waals surface area contributed by atoms with Crippen LogP contribution in [0.25, 0.3) is 0 Å². The molecule has 0 fully saturated rings. The molecule has 2 aromatic rings. The van der Waals surface area contributed by atoms with Gasteiger partial charge in [0, 0.05) is 18.8 Å². The minimum Gasteiger partial charge on any atom is -0.493 e. The second-order valence-electron chi connectivity index (χ2n) is 4.86. The first-order valence-electron chi connectivity index (χ1n) is 6.68. The van der Waals surface area contributed by atoms with Gasteiger partial charge in [0.05, 0.1) is 12.8 Å². The van der Waals surface area contributed by atoms with E-state index in [1.165, 1.54) is 0 Å². The lowest BCUT2D eigenvalue weighted by atomic mass is 10.2. The topological polar surface area (TPSA) is 62.3 Å². The molecule has 20 heavy (non-hydrogen) atoms. The molecule has 1 aromatic carbocycles. The molecule has 0 bridgehead atoms. The Kier molecular flexibility index (Phi) is 4.63. The summed E-state index contributed by atoms with van der Waals surface area (Å²) < 4.78 is 13.0. The van der Waals surface area contributed by atoms with E-state index in [0.29, 0.717) is 30.7 Å². The van der Waals surface area contributed by atoms with Gasteiger partial charge in [-0.2, -0.15) is 5.10 Å². The highest BCUT2D eigenvalue weighted by Gasteiger charge is 2.07. The molecule has 0 saturated carbocycles. The molecule has 2 N–H and O–H groups in total. The monoisotopic (exact) mass is 275 g/mol. The van der Waals surface area contributed by atoms with Crippen LogP contribution in [0.4, 0.5) is 0 Å². The van der Waals surface area contributed by atoms with E-state index in [2.05, 4.69) is 18.9 Å². The highest BCUT2D eigenvalue weighted by atomic mass is 16.5. The van der Waals surface area contributed by atoms with Crippen molar-refractivity contribution in [3.63, 3.8) is 0 Å². The molecule has 0 amide bonds. The number of hydrogen-bond donors (Lipinski definition) is 1. The van der Waals surface area contributed by atoms with E-state index in [9.17, 15) is 0 Å². The lowest BCUT2D eigenvalue weighted by Gasteiger charge is -2.11. The largest absolute Gasteiger partial charge is 0.493 e. The van der Waals surface area contributed by atoms with E-state index in [1.807, 2.05) is 35.1 Å². The van der Waals surface area contributed by atoms with Gasteiger partial charge >= 0.3 is 0 Å².